The fraction of sp³-hybridized carbons (Fsp3) is 0.462. The van der Waals surface area contributed by atoms with E-state index >= 15 is 0 Å². The Balaban J connectivity index is 2.86. The van der Waals surface area contributed by atoms with E-state index in [1.165, 1.54) is 0 Å². The van der Waals surface area contributed by atoms with E-state index in [4.69, 9.17) is 6.42 Å². The third-order valence-corrected chi connectivity index (χ3v) is 2.45. The summed E-state index contributed by atoms with van der Waals surface area (Å²) in [4.78, 5) is 13.9. The Labute approximate surface area is 97.1 Å². The highest BCUT2D eigenvalue weighted by Gasteiger charge is 2.16. The number of amides is 1. The minimum atomic E-state index is 0.0200. The van der Waals surface area contributed by atoms with Crippen LogP contribution in [0.15, 0.2) is 18.3 Å². The molecule has 0 bridgehead atoms. The van der Waals surface area contributed by atoms with Gasteiger partial charge in [0.2, 0.25) is 0 Å². The molecule has 16 heavy (non-hydrogen) atoms. The van der Waals surface area contributed by atoms with Crippen molar-refractivity contribution in [3.8, 4) is 12.3 Å². The van der Waals surface area contributed by atoms with Crippen molar-refractivity contribution in [3.05, 3.63) is 24.0 Å². The van der Waals surface area contributed by atoms with E-state index in [0.29, 0.717) is 18.8 Å². The first kappa shape index (κ1) is 12.4. The zero-order chi connectivity index (χ0) is 12.0. The van der Waals surface area contributed by atoms with Crippen molar-refractivity contribution in [1.82, 2.24) is 9.47 Å². The van der Waals surface area contributed by atoms with Crippen LogP contribution in [-0.2, 0) is 6.54 Å². The molecule has 0 radical (unpaired) electrons. The summed E-state index contributed by atoms with van der Waals surface area (Å²) in [6.45, 7) is 5.93. The number of hydrogen-bond acceptors (Lipinski definition) is 1. The van der Waals surface area contributed by atoms with Crippen LogP contribution >= 0.6 is 0 Å². The summed E-state index contributed by atoms with van der Waals surface area (Å²) in [5.41, 5.74) is 0.714. The van der Waals surface area contributed by atoms with Gasteiger partial charge in [0, 0.05) is 19.3 Å². The Morgan fingerprint density at radius 2 is 2.31 bits per heavy atom. The number of terminal acetylenes is 1. The van der Waals surface area contributed by atoms with Gasteiger partial charge in [0.1, 0.15) is 5.69 Å². The Morgan fingerprint density at radius 3 is 2.88 bits per heavy atom. The van der Waals surface area contributed by atoms with Crippen LogP contribution in [0.4, 0.5) is 0 Å². The van der Waals surface area contributed by atoms with Crippen molar-refractivity contribution in [2.75, 3.05) is 13.1 Å². The summed E-state index contributed by atoms with van der Waals surface area (Å²) < 4.78 is 1.93. The molecule has 86 valence electrons. The van der Waals surface area contributed by atoms with Crippen LogP contribution in [0.5, 0.6) is 0 Å². The molecule has 0 spiro atoms. The van der Waals surface area contributed by atoms with Gasteiger partial charge < -0.3 is 9.47 Å². The van der Waals surface area contributed by atoms with E-state index < -0.39 is 0 Å². The summed E-state index contributed by atoms with van der Waals surface area (Å²) in [5.74, 6) is 2.55. The number of aromatic nitrogens is 1. The first-order valence-electron chi connectivity index (χ1n) is 5.62. The van der Waals surface area contributed by atoms with Crippen LogP contribution in [0.25, 0.3) is 0 Å². The first-order valence-corrected chi connectivity index (χ1v) is 5.62. The van der Waals surface area contributed by atoms with Gasteiger partial charge in [-0.1, -0.05) is 12.8 Å². The molecular weight excluding hydrogens is 200 g/mol. The van der Waals surface area contributed by atoms with E-state index in [2.05, 4.69) is 5.92 Å². The zero-order valence-corrected chi connectivity index (χ0v) is 9.94. The number of carbonyl (C=O) groups is 1. The third kappa shape index (κ3) is 2.66. The minimum absolute atomic E-state index is 0.0200. The van der Waals surface area contributed by atoms with Gasteiger partial charge in [0.15, 0.2) is 0 Å². The number of nitrogens with zero attached hydrogens (tertiary/aromatic N) is 2. The molecule has 0 aliphatic carbocycles. The summed E-state index contributed by atoms with van der Waals surface area (Å²) in [6, 6.07) is 3.72. The highest BCUT2D eigenvalue weighted by molar-refractivity contribution is 5.93. The van der Waals surface area contributed by atoms with Crippen LogP contribution in [0, 0.1) is 12.3 Å². The van der Waals surface area contributed by atoms with Gasteiger partial charge >= 0.3 is 0 Å². The lowest BCUT2D eigenvalue weighted by atomic mass is 10.3. The lowest BCUT2D eigenvalue weighted by Gasteiger charge is -2.20. The summed E-state index contributed by atoms with van der Waals surface area (Å²) >= 11 is 0. The molecule has 0 saturated carbocycles. The quantitative estimate of drug-likeness (QED) is 0.694. The predicted molar refractivity (Wildman–Crippen MR) is 65.1 cm³/mol. The highest BCUT2D eigenvalue weighted by Crippen LogP contribution is 2.07. The number of rotatable bonds is 5. The topological polar surface area (TPSA) is 25.2 Å². The summed E-state index contributed by atoms with van der Waals surface area (Å²) in [6.07, 6.45) is 8.10. The van der Waals surface area contributed by atoms with Crippen LogP contribution < -0.4 is 0 Å². The Kier molecular flexibility index (Phi) is 4.65. The molecule has 1 rings (SSSR count). The standard InChI is InChI=1S/C13H18N2O/c1-4-9-15(10-5-2)13(16)12-8-7-11-14(12)6-3/h1,7-8,11H,5-6,9-10H2,2-3H3. The molecule has 0 atom stereocenters. The van der Waals surface area contributed by atoms with Crippen molar-refractivity contribution >= 4 is 5.91 Å². The van der Waals surface area contributed by atoms with E-state index in [0.717, 1.165) is 13.0 Å². The first-order chi connectivity index (χ1) is 7.74. The minimum Gasteiger partial charge on any atom is -0.344 e. The van der Waals surface area contributed by atoms with Gasteiger partial charge in [-0.15, -0.1) is 6.42 Å². The summed E-state index contributed by atoms with van der Waals surface area (Å²) in [5, 5.41) is 0. The SMILES string of the molecule is C#CCN(CCC)C(=O)c1cccn1CC. The molecule has 0 N–H and O–H groups in total. The monoisotopic (exact) mass is 218 g/mol. The third-order valence-electron chi connectivity index (χ3n) is 2.45. The lowest BCUT2D eigenvalue weighted by Crippen LogP contribution is -2.33. The molecule has 3 heteroatoms. The van der Waals surface area contributed by atoms with Gasteiger partial charge in [-0.05, 0) is 25.5 Å². The fourth-order valence-electron chi connectivity index (χ4n) is 1.68. The van der Waals surface area contributed by atoms with Gasteiger partial charge in [-0.2, -0.15) is 0 Å². The molecule has 1 heterocycles. The molecule has 1 aromatic heterocycles. The molecule has 0 saturated heterocycles. The second kappa shape index (κ2) is 6.02. The van der Waals surface area contributed by atoms with Crippen molar-refractivity contribution in [3.63, 3.8) is 0 Å². The maximum absolute atomic E-state index is 12.2. The second-order valence-corrected chi connectivity index (χ2v) is 3.61. The van der Waals surface area contributed by atoms with Crippen LogP contribution in [0.2, 0.25) is 0 Å². The van der Waals surface area contributed by atoms with Crippen LogP contribution in [-0.4, -0.2) is 28.5 Å². The molecular formula is C13H18N2O. The largest absolute Gasteiger partial charge is 0.344 e. The van der Waals surface area contributed by atoms with Crippen molar-refractivity contribution in [1.29, 1.82) is 0 Å². The van der Waals surface area contributed by atoms with Gasteiger partial charge in [-0.3, -0.25) is 4.79 Å². The van der Waals surface area contributed by atoms with Gasteiger partial charge in [0.25, 0.3) is 5.91 Å². The molecule has 1 amide bonds. The molecule has 0 aliphatic heterocycles. The number of aryl methyl sites for hydroxylation is 1. The van der Waals surface area contributed by atoms with Crippen LogP contribution in [0.1, 0.15) is 30.8 Å². The number of carbonyl (C=O) groups excluding carboxylic acids is 1. The van der Waals surface area contributed by atoms with Crippen molar-refractivity contribution < 1.29 is 4.79 Å². The van der Waals surface area contributed by atoms with E-state index in [-0.39, 0.29) is 5.91 Å². The molecule has 0 aliphatic rings. The van der Waals surface area contributed by atoms with E-state index in [1.807, 2.05) is 36.7 Å². The normalized spacial score (nSPS) is 9.81. The Bertz CT molecular complexity index is 387. The average Bonchev–Trinajstić information content (AvgIpc) is 2.75. The highest BCUT2D eigenvalue weighted by atomic mass is 16.2. The van der Waals surface area contributed by atoms with Crippen molar-refractivity contribution in [2.45, 2.75) is 26.8 Å². The van der Waals surface area contributed by atoms with E-state index in [9.17, 15) is 4.79 Å². The second-order valence-electron chi connectivity index (χ2n) is 3.61. The Hall–Kier alpha value is -1.69. The van der Waals surface area contributed by atoms with Gasteiger partial charge in [0.05, 0.1) is 6.54 Å². The maximum atomic E-state index is 12.2. The smallest absolute Gasteiger partial charge is 0.271 e. The molecule has 0 unspecified atom stereocenters. The van der Waals surface area contributed by atoms with Gasteiger partial charge in [-0.25, -0.2) is 0 Å². The van der Waals surface area contributed by atoms with Crippen LogP contribution in [0.3, 0.4) is 0 Å². The fourth-order valence-corrected chi connectivity index (χ4v) is 1.68. The molecule has 0 fully saturated rings. The Morgan fingerprint density at radius 1 is 1.56 bits per heavy atom. The average molecular weight is 218 g/mol. The van der Waals surface area contributed by atoms with Crippen molar-refractivity contribution in [2.24, 2.45) is 0 Å². The molecule has 1 aromatic rings. The zero-order valence-electron chi connectivity index (χ0n) is 9.94. The molecule has 0 aromatic carbocycles. The summed E-state index contributed by atoms with van der Waals surface area (Å²) in [7, 11) is 0. The molecule has 3 nitrogen and oxygen atoms in total. The maximum Gasteiger partial charge on any atom is 0.271 e. The predicted octanol–water partition coefficient (Wildman–Crippen LogP) is 1.99. The lowest BCUT2D eigenvalue weighted by molar-refractivity contribution is 0.0766. The van der Waals surface area contributed by atoms with E-state index in [1.54, 1.807) is 4.90 Å². The number of hydrogen-bond donors (Lipinski definition) is 0.